The fourth-order valence-electron chi connectivity index (χ4n) is 6.75. The van der Waals surface area contributed by atoms with E-state index < -0.39 is 41.4 Å². The minimum Gasteiger partial charge on any atom is -0.475 e. The van der Waals surface area contributed by atoms with E-state index in [2.05, 4.69) is 41.6 Å². The topological polar surface area (TPSA) is 111 Å². The zero-order valence-corrected chi connectivity index (χ0v) is 27.3. The molecule has 3 heterocycles. The number of rotatable bonds is 7. The summed E-state index contributed by atoms with van der Waals surface area (Å²) >= 11 is 12.6. The molecule has 0 unspecified atom stereocenters. The Morgan fingerprint density at radius 3 is 2.33 bits per heavy atom. The van der Waals surface area contributed by atoms with Gasteiger partial charge < -0.3 is 26.0 Å². The average Bonchev–Trinajstić information content (AvgIpc) is 3.43. The molecule has 0 aliphatic carbocycles. The lowest BCUT2D eigenvalue weighted by molar-refractivity contribution is -0.192. The zero-order chi connectivity index (χ0) is 34.0. The number of benzene rings is 2. The van der Waals surface area contributed by atoms with Gasteiger partial charge in [-0.15, -0.1) is 0 Å². The quantitative estimate of drug-likeness (QED) is 0.274. The van der Waals surface area contributed by atoms with E-state index in [-0.39, 0.29) is 22.1 Å². The molecule has 4 atom stereocenters. The molecular formula is C32H38Cl2F4N4O4. The Balaban J connectivity index is 0.000000617. The third-order valence-corrected chi connectivity index (χ3v) is 9.13. The van der Waals surface area contributed by atoms with Gasteiger partial charge in [0, 0.05) is 55.3 Å². The van der Waals surface area contributed by atoms with Crippen molar-refractivity contribution >= 4 is 46.5 Å². The first kappa shape index (κ1) is 36.1. The van der Waals surface area contributed by atoms with Gasteiger partial charge in [0.25, 0.3) is 0 Å². The lowest BCUT2D eigenvalue weighted by Gasteiger charge is -2.37. The summed E-state index contributed by atoms with van der Waals surface area (Å²) < 4.78 is 46.7. The molecule has 0 aromatic heterocycles. The lowest BCUT2D eigenvalue weighted by atomic mass is 9.62. The van der Waals surface area contributed by atoms with Gasteiger partial charge in [0.1, 0.15) is 17.0 Å². The van der Waals surface area contributed by atoms with E-state index in [0.29, 0.717) is 29.1 Å². The van der Waals surface area contributed by atoms with Crippen molar-refractivity contribution in [2.75, 3.05) is 38.0 Å². The highest BCUT2D eigenvalue weighted by Gasteiger charge is 2.65. The minimum atomic E-state index is -5.08. The largest absolute Gasteiger partial charge is 0.490 e. The number of carboxylic acid groups (broad SMARTS) is 1. The van der Waals surface area contributed by atoms with Crippen LogP contribution >= 0.6 is 23.2 Å². The van der Waals surface area contributed by atoms with Crippen molar-refractivity contribution in [3.63, 3.8) is 0 Å². The van der Waals surface area contributed by atoms with Crippen molar-refractivity contribution in [3.05, 3.63) is 63.4 Å². The molecule has 2 aromatic rings. The van der Waals surface area contributed by atoms with Gasteiger partial charge in [-0.05, 0) is 60.2 Å². The van der Waals surface area contributed by atoms with Crippen molar-refractivity contribution < 1.29 is 37.1 Å². The van der Waals surface area contributed by atoms with Gasteiger partial charge in [-0.25, -0.2) is 9.18 Å². The standard InChI is InChI=1S/C30H37Cl2FN4O2.C2HF3O2/c1-29(2,3)17-25-30(20-15-22(33)21(32)16-23(20)35-28(30)39)26(18-6-4-7-19(31)14-18)27(36-25)24(38)8-5-11-37-12-9-34-10-13-37;3-2(4,5)1(6)7/h4,6-7,14-16,25-27,34,36H,5,8-13,17H2,1-3H3,(H,35,39);(H,6,7)/t25-,26+,27+,30+;/m1./s1. The summed E-state index contributed by atoms with van der Waals surface area (Å²) in [4.78, 5) is 39.4. The Bertz CT molecular complexity index is 1460. The van der Waals surface area contributed by atoms with Gasteiger partial charge in [0.15, 0.2) is 0 Å². The van der Waals surface area contributed by atoms with Gasteiger partial charge in [-0.3, -0.25) is 9.59 Å². The Hall–Kier alpha value is -2.77. The number of piperazine rings is 1. The third-order valence-electron chi connectivity index (χ3n) is 8.61. The lowest BCUT2D eigenvalue weighted by Crippen LogP contribution is -2.49. The molecule has 3 aliphatic heterocycles. The molecule has 1 spiro atoms. The third kappa shape index (κ3) is 7.84. The number of ketones is 1. The highest BCUT2D eigenvalue weighted by Crippen LogP contribution is 2.57. The number of anilines is 1. The Morgan fingerprint density at radius 2 is 1.74 bits per heavy atom. The SMILES string of the molecule is CC(C)(C)C[C@H]1N[C@@H](C(=O)CCCN2CCNCC2)[C@H](c2cccc(Cl)c2)[C@@]12C(=O)Nc1cc(Cl)c(F)cc12.O=C(O)C(F)(F)F. The number of fused-ring (bicyclic) bond motifs is 2. The molecule has 1 amide bonds. The molecule has 0 radical (unpaired) electrons. The maximum absolute atomic E-state index is 15.0. The predicted octanol–water partition coefficient (Wildman–Crippen LogP) is 5.77. The Labute approximate surface area is 275 Å². The summed E-state index contributed by atoms with van der Waals surface area (Å²) in [6.45, 7) is 11.0. The van der Waals surface area contributed by atoms with Crippen LogP contribution in [0.5, 0.6) is 0 Å². The van der Waals surface area contributed by atoms with E-state index in [1.165, 1.54) is 12.1 Å². The van der Waals surface area contributed by atoms with Gasteiger partial charge in [0.2, 0.25) is 5.91 Å². The number of carbonyl (C=O) groups excluding carboxylic acids is 2. The molecule has 46 heavy (non-hydrogen) atoms. The van der Waals surface area contributed by atoms with E-state index in [1.807, 2.05) is 18.2 Å². The van der Waals surface area contributed by atoms with Crippen LogP contribution in [0, 0.1) is 11.2 Å². The van der Waals surface area contributed by atoms with Crippen molar-refractivity contribution in [2.45, 2.75) is 69.6 Å². The second-order valence-electron chi connectivity index (χ2n) is 13.1. The predicted molar refractivity (Wildman–Crippen MR) is 168 cm³/mol. The van der Waals surface area contributed by atoms with Crippen LogP contribution in [-0.4, -0.2) is 78.6 Å². The minimum absolute atomic E-state index is 0.0516. The van der Waals surface area contributed by atoms with Crippen molar-refractivity contribution in [1.82, 2.24) is 15.5 Å². The number of amides is 1. The number of nitrogens with one attached hydrogen (secondary N) is 3. The molecular weight excluding hydrogens is 651 g/mol. The number of alkyl halides is 3. The number of aliphatic carboxylic acids is 1. The van der Waals surface area contributed by atoms with Crippen LogP contribution in [0.3, 0.4) is 0 Å². The number of nitrogens with zero attached hydrogens (tertiary/aromatic N) is 1. The van der Waals surface area contributed by atoms with Crippen LogP contribution in [0.1, 0.15) is 57.1 Å². The summed E-state index contributed by atoms with van der Waals surface area (Å²) in [5.41, 5.74) is 0.434. The monoisotopic (exact) mass is 688 g/mol. The molecule has 0 bridgehead atoms. The van der Waals surface area contributed by atoms with Gasteiger partial charge in [0.05, 0.1) is 11.1 Å². The first-order valence-electron chi connectivity index (χ1n) is 15.0. The number of hydrogen-bond donors (Lipinski definition) is 4. The van der Waals surface area contributed by atoms with Crippen LogP contribution in [0.2, 0.25) is 10.0 Å². The second-order valence-corrected chi connectivity index (χ2v) is 13.9. The van der Waals surface area contributed by atoms with Crippen LogP contribution in [0.4, 0.5) is 23.2 Å². The molecule has 0 saturated carbocycles. The van der Waals surface area contributed by atoms with E-state index in [4.69, 9.17) is 33.1 Å². The van der Waals surface area contributed by atoms with E-state index >= 15 is 4.39 Å². The van der Waals surface area contributed by atoms with E-state index in [9.17, 15) is 22.8 Å². The number of halogens is 6. The first-order valence-corrected chi connectivity index (χ1v) is 15.8. The fourth-order valence-corrected chi connectivity index (χ4v) is 7.12. The number of hydrogen-bond acceptors (Lipinski definition) is 6. The highest BCUT2D eigenvalue weighted by molar-refractivity contribution is 6.31. The van der Waals surface area contributed by atoms with Crippen LogP contribution in [0.25, 0.3) is 0 Å². The molecule has 252 valence electrons. The van der Waals surface area contributed by atoms with Gasteiger partial charge in [-0.2, -0.15) is 13.2 Å². The van der Waals surface area contributed by atoms with Crippen LogP contribution in [-0.2, 0) is 19.8 Å². The van der Waals surface area contributed by atoms with Crippen molar-refractivity contribution in [3.8, 4) is 0 Å². The van der Waals surface area contributed by atoms with Crippen LogP contribution in [0.15, 0.2) is 36.4 Å². The molecule has 2 aromatic carbocycles. The maximum Gasteiger partial charge on any atom is 0.490 e. The smallest absolute Gasteiger partial charge is 0.475 e. The zero-order valence-electron chi connectivity index (χ0n) is 25.7. The molecule has 2 fully saturated rings. The Kier molecular flexibility index (Phi) is 11.1. The van der Waals surface area contributed by atoms with E-state index in [0.717, 1.165) is 44.7 Å². The van der Waals surface area contributed by atoms with Crippen molar-refractivity contribution in [2.24, 2.45) is 5.41 Å². The summed E-state index contributed by atoms with van der Waals surface area (Å²) in [7, 11) is 0. The Morgan fingerprint density at radius 1 is 1.09 bits per heavy atom. The summed E-state index contributed by atoms with van der Waals surface area (Å²) in [5, 5.41) is 17.5. The molecule has 14 heteroatoms. The second kappa shape index (κ2) is 14.1. The van der Waals surface area contributed by atoms with E-state index in [1.54, 1.807) is 6.07 Å². The van der Waals surface area contributed by atoms with Gasteiger partial charge >= 0.3 is 12.1 Å². The molecule has 2 saturated heterocycles. The van der Waals surface area contributed by atoms with Gasteiger partial charge in [-0.1, -0.05) is 56.1 Å². The molecule has 5 rings (SSSR count). The number of carboxylic acids is 1. The average molecular weight is 690 g/mol. The number of carbonyl (C=O) groups is 3. The molecule has 3 aliphatic rings. The summed E-state index contributed by atoms with van der Waals surface area (Å²) in [6, 6.07) is 9.17. The summed E-state index contributed by atoms with van der Waals surface area (Å²) in [6.07, 6.45) is -3.35. The maximum atomic E-state index is 15.0. The normalized spacial score (nSPS) is 24.7. The highest BCUT2D eigenvalue weighted by atomic mass is 35.5. The van der Waals surface area contributed by atoms with Crippen LogP contribution < -0.4 is 16.0 Å². The molecule has 4 N–H and O–H groups in total. The fraction of sp³-hybridized carbons (Fsp3) is 0.531. The summed E-state index contributed by atoms with van der Waals surface area (Å²) in [5.74, 6) is -4.11. The molecule has 8 nitrogen and oxygen atoms in total. The van der Waals surface area contributed by atoms with Crippen molar-refractivity contribution in [1.29, 1.82) is 0 Å². The number of Topliss-reactive ketones (excluding diaryl/α,β-unsaturated/α-hetero) is 1. The first-order chi connectivity index (χ1) is 21.4.